The van der Waals surface area contributed by atoms with E-state index in [1.54, 1.807) is 29.7 Å². The van der Waals surface area contributed by atoms with Crippen molar-refractivity contribution in [2.75, 3.05) is 18.9 Å². The topological polar surface area (TPSA) is 102 Å². The zero-order chi connectivity index (χ0) is 23.4. The minimum Gasteiger partial charge on any atom is -0.732 e. The lowest BCUT2D eigenvalue weighted by Gasteiger charge is -2.23. The quantitative estimate of drug-likeness (QED) is 0.353. The number of hydrogen-bond donors (Lipinski definition) is 0. The van der Waals surface area contributed by atoms with Crippen molar-refractivity contribution in [3.05, 3.63) is 73.5 Å². The summed E-state index contributed by atoms with van der Waals surface area (Å²) in [6.07, 6.45) is 2.93. The largest absolute Gasteiger partial charge is 0.732 e. The van der Waals surface area contributed by atoms with Crippen LogP contribution in [0.5, 0.6) is 0 Å². The number of rotatable bonds is 8. The highest BCUT2D eigenvalue weighted by atomic mass is 35.5. The first-order chi connectivity index (χ1) is 15.3. The van der Waals surface area contributed by atoms with Crippen LogP contribution >= 0.6 is 23.2 Å². The van der Waals surface area contributed by atoms with E-state index in [2.05, 4.69) is 9.82 Å². The Morgan fingerprint density at radius 1 is 1.22 bits per heavy atom. The molecule has 0 bridgehead atoms. The Hall–Kier alpha value is -2.85. The Morgan fingerprint density at radius 3 is 2.59 bits per heavy atom. The summed E-state index contributed by atoms with van der Waals surface area (Å²) in [6.45, 7) is 4.32. The number of nitrogens with zero attached hydrogens (tertiary/aromatic N) is 4. The fraction of sp³-hybridized carbons (Fsp3) is 0.286. The summed E-state index contributed by atoms with van der Waals surface area (Å²) in [5.74, 6) is -0.662. The van der Waals surface area contributed by atoms with Gasteiger partial charge in [-0.2, -0.15) is 0 Å². The maximum atomic E-state index is 13.0. The van der Waals surface area contributed by atoms with Gasteiger partial charge >= 0.3 is 5.97 Å². The van der Waals surface area contributed by atoms with Gasteiger partial charge in [-0.25, -0.2) is 9.78 Å². The first-order valence-electron chi connectivity index (χ1n) is 9.73. The predicted octanol–water partition coefficient (Wildman–Crippen LogP) is 4.13. The van der Waals surface area contributed by atoms with E-state index in [1.165, 1.54) is 25.7 Å². The first-order valence-corrected chi connectivity index (χ1v) is 10.5. The van der Waals surface area contributed by atoms with Gasteiger partial charge in [0.25, 0.3) is 0 Å². The molecule has 0 unspecified atom stereocenters. The number of halogens is 2. The number of carbonyl (C=O) groups is 1. The molecule has 9 nitrogen and oxygen atoms in total. The molecule has 0 atom stereocenters. The zero-order valence-corrected chi connectivity index (χ0v) is 19.2. The van der Waals surface area contributed by atoms with E-state index in [1.807, 2.05) is 11.5 Å². The highest BCUT2D eigenvalue weighted by Crippen LogP contribution is 2.31. The van der Waals surface area contributed by atoms with Crippen molar-refractivity contribution in [2.24, 2.45) is 0 Å². The van der Waals surface area contributed by atoms with Gasteiger partial charge in [-0.3, -0.25) is 9.63 Å². The Balaban J connectivity index is 2.20. The molecule has 2 aromatic heterocycles. The monoisotopic (exact) mass is 479 g/mol. The third-order valence-electron chi connectivity index (χ3n) is 4.70. The SMILES string of the molecule is CCOC(=O)c1c(-c2ccc(Cl)c(Cl)c2)n(CC)c(Cn2cnc(N([O-])OC)c2)cc1=O. The van der Waals surface area contributed by atoms with Crippen LogP contribution < -0.4 is 10.7 Å². The van der Waals surface area contributed by atoms with Crippen LogP contribution in [0.1, 0.15) is 29.9 Å². The number of anilines is 1. The van der Waals surface area contributed by atoms with E-state index in [4.69, 9.17) is 27.9 Å². The summed E-state index contributed by atoms with van der Waals surface area (Å²) in [6, 6.07) is 6.26. The first kappa shape index (κ1) is 23.8. The van der Waals surface area contributed by atoms with Gasteiger partial charge in [-0.1, -0.05) is 29.3 Å². The molecule has 0 aliphatic rings. The summed E-state index contributed by atoms with van der Waals surface area (Å²) >= 11 is 12.3. The second-order valence-electron chi connectivity index (χ2n) is 6.66. The van der Waals surface area contributed by atoms with E-state index >= 15 is 0 Å². The molecule has 0 fully saturated rings. The lowest BCUT2D eigenvalue weighted by molar-refractivity contribution is 0.0525. The molecule has 32 heavy (non-hydrogen) atoms. The molecular weight excluding hydrogens is 459 g/mol. The van der Waals surface area contributed by atoms with Gasteiger partial charge in [0.15, 0.2) is 11.2 Å². The van der Waals surface area contributed by atoms with Crippen LogP contribution in [0.3, 0.4) is 0 Å². The summed E-state index contributed by atoms with van der Waals surface area (Å²) in [5.41, 5.74) is 0.916. The number of imidazole rings is 1. The van der Waals surface area contributed by atoms with E-state index < -0.39 is 11.4 Å². The smallest absolute Gasteiger partial charge is 0.344 e. The Morgan fingerprint density at radius 2 is 1.97 bits per heavy atom. The molecule has 11 heteroatoms. The maximum Gasteiger partial charge on any atom is 0.344 e. The van der Waals surface area contributed by atoms with Crippen molar-refractivity contribution in [2.45, 2.75) is 26.9 Å². The summed E-state index contributed by atoms with van der Waals surface area (Å²) in [5, 5.41) is 12.5. The number of hydrogen-bond acceptors (Lipinski definition) is 7. The number of aromatic nitrogens is 3. The molecular formula is C21H21Cl2N4O5-. The van der Waals surface area contributed by atoms with Crippen molar-refractivity contribution in [1.29, 1.82) is 0 Å². The summed E-state index contributed by atoms with van der Waals surface area (Å²) < 4.78 is 8.59. The van der Waals surface area contributed by atoms with E-state index in [0.717, 1.165) is 0 Å². The average Bonchev–Trinajstić information content (AvgIpc) is 3.23. The second-order valence-corrected chi connectivity index (χ2v) is 7.48. The van der Waals surface area contributed by atoms with Crippen molar-refractivity contribution >= 4 is 35.0 Å². The predicted molar refractivity (Wildman–Crippen MR) is 122 cm³/mol. The summed E-state index contributed by atoms with van der Waals surface area (Å²) in [7, 11) is 1.23. The highest BCUT2D eigenvalue weighted by molar-refractivity contribution is 6.42. The van der Waals surface area contributed by atoms with Crippen LogP contribution in [0, 0.1) is 5.21 Å². The number of pyridine rings is 1. The van der Waals surface area contributed by atoms with Crippen LogP contribution in [-0.2, 0) is 22.7 Å². The van der Waals surface area contributed by atoms with E-state index in [9.17, 15) is 14.8 Å². The fourth-order valence-electron chi connectivity index (χ4n) is 3.34. The molecule has 1 aromatic carbocycles. The minimum absolute atomic E-state index is 0.0609. The lowest BCUT2D eigenvalue weighted by atomic mass is 10.0. The normalized spacial score (nSPS) is 10.9. The molecule has 0 radical (unpaired) electrons. The average molecular weight is 480 g/mol. The van der Waals surface area contributed by atoms with Gasteiger partial charge in [0.1, 0.15) is 5.56 Å². The second kappa shape index (κ2) is 10.2. The van der Waals surface area contributed by atoms with Crippen molar-refractivity contribution in [3.63, 3.8) is 0 Å². The zero-order valence-electron chi connectivity index (χ0n) is 17.7. The van der Waals surface area contributed by atoms with Gasteiger partial charge in [0, 0.05) is 30.1 Å². The molecule has 3 rings (SSSR count). The third-order valence-corrected chi connectivity index (χ3v) is 5.44. The number of benzene rings is 1. The Labute approximate surface area is 194 Å². The van der Waals surface area contributed by atoms with Crippen molar-refractivity contribution in [3.8, 4) is 11.3 Å². The molecule has 0 saturated heterocycles. The maximum absolute atomic E-state index is 13.0. The van der Waals surface area contributed by atoms with Crippen LogP contribution in [-0.4, -0.2) is 33.8 Å². The molecule has 0 amide bonds. The minimum atomic E-state index is -0.723. The number of carbonyl (C=O) groups excluding carboxylic acids is 1. The van der Waals surface area contributed by atoms with Gasteiger partial charge < -0.3 is 24.3 Å². The van der Waals surface area contributed by atoms with Crippen molar-refractivity contribution in [1.82, 2.24) is 14.1 Å². The van der Waals surface area contributed by atoms with Gasteiger partial charge in [-0.15, -0.1) is 0 Å². The molecule has 2 heterocycles. The van der Waals surface area contributed by atoms with Gasteiger partial charge in [-0.05, 0) is 26.0 Å². The van der Waals surface area contributed by atoms with E-state index in [0.29, 0.717) is 28.5 Å². The fourth-order valence-corrected chi connectivity index (χ4v) is 3.64. The summed E-state index contributed by atoms with van der Waals surface area (Å²) in [4.78, 5) is 34.3. The van der Waals surface area contributed by atoms with E-state index in [-0.39, 0.29) is 34.8 Å². The van der Waals surface area contributed by atoms with Crippen LogP contribution in [0.2, 0.25) is 10.0 Å². The van der Waals surface area contributed by atoms with Gasteiger partial charge in [0.05, 0.1) is 42.3 Å². The number of esters is 1. The highest BCUT2D eigenvalue weighted by Gasteiger charge is 2.24. The Kier molecular flexibility index (Phi) is 7.57. The van der Waals surface area contributed by atoms with Crippen LogP contribution in [0.25, 0.3) is 11.3 Å². The van der Waals surface area contributed by atoms with Crippen LogP contribution in [0.4, 0.5) is 5.82 Å². The molecule has 0 aliphatic heterocycles. The molecule has 0 aliphatic carbocycles. The molecule has 0 spiro atoms. The third kappa shape index (κ3) is 4.81. The van der Waals surface area contributed by atoms with Crippen molar-refractivity contribution < 1.29 is 14.4 Å². The lowest BCUT2D eigenvalue weighted by Crippen LogP contribution is -2.25. The Bertz CT molecular complexity index is 1190. The standard InChI is InChI=1S/C21H21Cl2N4O5/c1-4-26-14(10-25-11-18(24-12-25)27(30)31-3)9-17(28)19(21(29)32-5-2)20(26)13-6-7-15(22)16(23)8-13/h6-9,11-12H,4-5,10H2,1-3H3/q-1. The van der Waals surface area contributed by atoms with Crippen LogP contribution in [0.15, 0.2) is 41.6 Å². The molecule has 3 aromatic rings. The van der Waals surface area contributed by atoms with Gasteiger partial charge in [0.2, 0.25) is 0 Å². The molecule has 0 N–H and O–H groups in total. The molecule has 0 saturated carbocycles. The molecule has 170 valence electrons. The number of ether oxygens (including phenoxy) is 1.